The quantitative estimate of drug-likeness (QED) is 0.652. The Bertz CT molecular complexity index is 802. The fourth-order valence-electron chi connectivity index (χ4n) is 2.90. The van der Waals surface area contributed by atoms with Crippen LogP contribution in [0.15, 0.2) is 48.5 Å². The molecule has 7 nitrogen and oxygen atoms in total. The summed E-state index contributed by atoms with van der Waals surface area (Å²) in [5, 5.41) is 8.40. The second-order valence-corrected chi connectivity index (χ2v) is 6.53. The number of benzene rings is 2. The van der Waals surface area contributed by atoms with E-state index in [1.165, 1.54) is 0 Å². The molecule has 0 aliphatic carbocycles. The first kappa shape index (κ1) is 19.7. The predicted molar refractivity (Wildman–Crippen MR) is 108 cm³/mol. The molecule has 1 fully saturated rings. The lowest BCUT2D eigenvalue weighted by Crippen LogP contribution is -2.22. The molecule has 0 spiro atoms. The summed E-state index contributed by atoms with van der Waals surface area (Å²) >= 11 is 0. The molecular formula is C21H25N3O4. The van der Waals surface area contributed by atoms with Gasteiger partial charge in [0.2, 0.25) is 5.91 Å². The summed E-state index contributed by atoms with van der Waals surface area (Å²) in [6.07, 6.45) is 2.32. The van der Waals surface area contributed by atoms with Crippen molar-refractivity contribution in [2.45, 2.75) is 18.9 Å². The monoisotopic (exact) mass is 383 g/mol. The highest BCUT2D eigenvalue weighted by atomic mass is 16.5. The highest BCUT2D eigenvalue weighted by Crippen LogP contribution is 2.18. The minimum atomic E-state index is -0.201. The van der Waals surface area contributed by atoms with Crippen LogP contribution in [0, 0.1) is 0 Å². The van der Waals surface area contributed by atoms with Gasteiger partial charge in [0.25, 0.3) is 5.91 Å². The molecular weight excluding hydrogens is 358 g/mol. The number of nitrogens with one attached hydrogen (secondary N) is 3. The Morgan fingerprint density at radius 2 is 1.96 bits per heavy atom. The van der Waals surface area contributed by atoms with Gasteiger partial charge >= 0.3 is 0 Å². The van der Waals surface area contributed by atoms with Crippen LogP contribution in [-0.4, -0.2) is 44.7 Å². The Labute approximate surface area is 164 Å². The minimum Gasteiger partial charge on any atom is -0.491 e. The fraction of sp³-hybridized carbons (Fsp3) is 0.333. The van der Waals surface area contributed by atoms with E-state index in [1.54, 1.807) is 31.3 Å². The average molecular weight is 383 g/mol. The number of hydrogen-bond donors (Lipinski definition) is 3. The zero-order valence-electron chi connectivity index (χ0n) is 15.9. The van der Waals surface area contributed by atoms with Gasteiger partial charge in [-0.2, -0.15) is 0 Å². The molecule has 3 rings (SSSR count). The Hall–Kier alpha value is -3.06. The van der Waals surface area contributed by atoms with Crippen molar-refractivity contribution in [3.05, 3.63) is 54.1 Å². The van der Waals surface area contributed by atoms with Crippen LogP contribution in [0.2, 0.25) is 0 Å². The number of anilines is 2. The van der Waals surface area contributed by atoms with Gasteiger partial charge in [-0.1, -0.05) is 6.07 Å². The van der Waals surface area contributed by atoms with Gasteiger partial charge in [0.15, 0.2) is 0 Å². The summed E-state index contributed by atoms with van der Waals surface area (Å²) in [5.74, 6) is 0.375. The standard InChI is InChI=1S/C21H25N3O4/c1-22-21(26)15-4-2-5-17(12-15)24-20(25)13-23-16-7-9-18(10-8-16)28-14-19-6-3-11-27-19/h2,4-5,7-10,12,19,23H,3,6,11,13-14H2,1H3,(H,22,26)(H,24,25). The molecule has 28 heavy (non-hydrogen) atoms. The molecule has 2 amide bonds. The maximum atomic E-state index is 12.1. The second-order valence-electron chi connectivity index (χ2n) is 6.53. The number of carbonyl (C=O) groups is 2. The molecule has 0 aromatic heterocycles. The highest BCUT2D eigenvalue weighted by molar-refractivity contribution is 5.98. The van der Waals surface area contributed by atoms with Crippen LogP contribution in [-0.2, 0) is 9.53 Å². The van der Waals surface area contributed by atoms with E-state index in [2.05, 4.69) is 16.0 Å². The first-order chi connectivity index (χ1) is 13.6. The van der Waals surface area contributed by atoms with Crippen molar-refractivity contribution in [1.82, 2.24) is 5.32 Å². The Kier molecular flexibility index (Phi) is 6.86. The van der Waals surface area contributed by atoms with Crippen molar-refractivity contribution >= 4 is 23.2 Å². The molecule has 1 heterocycles. The predicted octanol–water partition coefficient (Wildman–Crippen LogP) is 2.65. The summed E-state index contributed by atoms with van der Waals surface area (Å²) in [6, 6.07) is 14.2. The van der Waals surface area contributed by atoms with Gasteiger partial charge in [-0.15, -0.1) is 0 Å². The van der Waals surface area contributed by atoms with E-state index in [9.17, 15) is 9.59 Å². The van der Waals surface area contributed by atoms with E-state index in [0.717, 1.165) is 30.9 Å². The van der Waals surface area contributed by atoms with E-state index in [-0.39, 0.29) is 24.5 Å². The van der Waals surface area contributed by atoms with Crippen LogP contribution >= 0.6 is 0 Å². The lowest BCUT2D eigenvalue weighted by Gasteiger charge is -2.12. The third kappa shape index (κ3) is 5.72. The molecule has 1 saturated heterocycles. The normalized spacial score (nSPS) is 15.7. The Balaban J connectivity index is 1.44. The maximum absolute atomic E-state index is 12.1. The molecule has 0 radical (unpaired) electrons. The molecule has 0 bridgehead atoms. The molecule has 0 saturated carbocycles. The molecule has 2 aromatic rings. The van der Waals surface area contributed by atoms with Crippen LogP contribution in [0.4, 0.5) is 11.4 Å². The summed E-state index contributed by atoms with van der Waals surface area (Å²) < 4.78 is 11.3. The number of ether oxygens (including phenoxy) is 2. The maximum Gasteiger partial charge on any atom is 0.251 e. The van der Waals surface area contributed by atoms with Crippen molar-refractivity contribution in [3.63, 3.8) is 0 Å². The lowest BCUT2D eigenvalue weighted by atomic mass is 10.2. The lowest BCUT2D eigenvalue weighted by molar-refractivity contribution is -0.114. The smallest absolute Gasteiger partial charge is 0.251 e. The van der Waals surface area contributed by atoms with E-state index in [0.29, 0.717) is 17.9 Å². The second kappa shape index (κ2) is 9.75. The van der Waals surface area contributed by atoms with Gasteiger partial charge in [-0.3, -0.25) is 9.59 Å². The summed E-state index contributed by atoms with van der Waals surface area (Å²) in [5.41, 5.74) is 1.89. The zero-order chi connectivity index (χ0) is 19.8. The molecule has 2 aromatic carbocycles. The molecule has 1 aliphatic rings. The van der Waals surface area contributed by atoms with Gasteiger partial charge < -0.3 is 25.4 Å². The summed E-state index contributed by atoms with van der Waals surface area (Å²) in [7, 11) is 1.57. The van der Waals surface area contributed by atoms with E-state index in [1.807, 2.05) is 24.3 Å². The molecule has 1 atom stereocenters. The molecule has 1 aliphatic heterocycles. The number of amides is 2. The van der Waals surface area contributed by atoms with Crippen LogP contribution in [0.1, 0.15) is 23.2 Å². The first-order valence-electron chi connectivity index (χ1n) is 9.34. The third-order valence-corrected chi connectivity index (χ3v) is 4.40. The third-order valence-electron chi connectivity index (χ3n) is 4.40. The molecule has 1 unspecified atom stereocenters. The average Bonchev–Trinajstić information content (AvgIpc) is 3.25. The van der Waals surface area contributed by atoms with Gasteiger partial charge in [0.05, 0.1) is 12.6 Å². The van der Waals surface area contributed by atoms with Gasteiger partial charge in [-0.25, -0.2) is 0 Å². The minimum absolute atomic E-state index is 0.111. The van der Waals surface area contributed by atoms with Gasteiger partial charge in [-0.05, 0) is 55.3 Å². The summed E-state index contributed by atoms with van der Waals surface area (Å²) in [6.45, 7) is 1.49. The van der Waals surface area contributed by atoms with Crippen molar-refractivity contribution < 1.29 is 19.1 Å². The first-order valence-corrected chi connectivity index (χ1v) is 9.34. The SMILES string of the molecule is CNC(=O)c1cccc(NC(=O)CNc2ccc(OCC3CCCO3)cc2)c1. The van der Waals surface area contributed by atoms with Gasteiger partial charge in [0.1, 0.15) is 12.4 Å². The highest BCUT2D eigenvalue weighted by Gasteiger charge is 2.15. The molecule has 148 valence electrons. The van der Waals surface area contributed by atoms with Crippen LogP contribution in [0.3, 0.4) is 0 Å². The van der Waals surface area contributed by atoms with Crippen LogP contribution in [0.25, 0.3) is 0 Å². The van der Waals surface area contributed by atoms with E-state index in [4.69, 9.17) is 9.47 Å². The number of hydrogen-bond acceptors (Lipinski definition) is 5. The Morgan fingerprint density at radius 3 is 2.68 bits per heavy atom. The topological polar surface area (TPSA) is 88.7 Å². The number of carbonyl (C=O) groups excluding carboxylic acids is 2. The summed E-state index contributed by atoms with van der Waals surface area (Å²) in [4.78, 5) is 23.8. The van der Waals surface area contributed by atoms with Crippen LogP contribution in [0.5, 0.6) is 5.75 Å². The van der Waals surface area contributed by atoms with E-state index >= 15 is 0 Å². The molecule has 7 heteroatoms. The fourth-order valence-corrected chi connectivity index (χ4v) is 2.90. The van der Waals surface area contributed by atoms with Crippen LogP contribution < -0.4 is 20.7 Å². The van der Waals surface area contributed by atoms with Crippen molar-refractivity contribution in [3.8, 4) is 5.75 Å². The van der Waals surface area contributed by atoms with Crippen molar-refractivity contribution in [2.75, 3.05) is 37.4 Å². The van der Waals surface area contributed by atoms with E-state index < -0.39 is 0 Å². The zero-order valence-corrected chi connectivity index (χ0v) is 15.9. The largest absolute Gasteiger partial charge is 0.491 e. The number of rotatable bonds is 8. The Morgan fingerprint density at radius 1 is 1.14 bits per heavy atom. The van der Waals surface area contributed by atoms with Crippen molar-refractivity contribution in [2.24, 2.45) is 0 Å². The van der Waals surface area contributed by atoms with Crippen molar-refractivity contribution in [1.29, 1.82) is 0 Å². The molecule has 3 N–H and O–H groups in total. The van der Waals surface area contributed by atoms with Gasteiger partial charge in [0, 0.05) is 30.6 Å².